The lowest BCUT2D eigenvalue weighted by Crippen LogP contribution is -2.54. The smallest absolute Gasteiger partial charge is 0.262 e. The zero-order chi connectivity index (χ0) is 42.5. The van der Waals surface area contributed by atoms with Gasteiger partial charge in [-0.25, -0.2) is 9.97 Å². The number of fused-ring (bicyclic) bond motifs is 2. The van der Waals surface area contributed by atoms with Crippen LogP contribution in [0.4, 0.5) is 5.82 Å². The molecule has 60 heavy (non-hydrogen) atoms. The van der Waals surface area contributed by atoms with Gasteiger partial charge in [-0.15, -0.1) is 0 Å². The van der Waals surface area contributed by atoms with E-state index in [0.717, 1.165) is 4.90 Å². The lowest BCUT2D eigenvalue weighted by atomic mass is 9.99. The molecule has 0 radical (unpaired) electrons. The molecule has 2 saturated heterocycles. The SMILES string of the molecule is Nc1ncnc2c1ccn2[C@@H]1O[C@H]([C@H](O)c2ccc(Cl)c(OCCCC(=O)CCOCCOCCCc3cccc4c3C(=O)N(C3CCC(=O)NC3=O)C4=O)c2)[C@@H](O)[C@H]1O. The van der Waals surface area contributed by atoms with Crippen molar-refractivity contribution in [3.8, 4) is 5.75 Å². The van der Waals surface area contributed by atoms with Gasteiger partial charge in [-0.1, -0.05) is 29.8 Å². The molecule has 2 aromatic carbocycles. The maximum Gasteiger partial charge on any atom is 0.262 e. The lowest BCUT2D eigenvalue weighted by molar-refractivity contribution is -0.136. The third kappa shape index (κ3) is 9.04. The number of piperidine rings is 1. The van der Waals surface area contributed by atoms with Crippen molar-refractivity contribution < 1.29 is 58.2 Å². The van der Waals surface area contributed by atoms with Crippen LogP contribution in [0.1, 0.15) is 82.7 Å². The number of hydrogen-bond donors (Lipinski definition) is 5. The van der Waals surface area contributed by atoms with Gasteiger partial charge in [-0.2, -0.15) is 0 Å². The van der Waals surface area contributed by atoms with E-state index >= 15 is 0 Å². The summed E-state index contributed by atoms with van der Waals surface area (Å²) in [5.41, 5.74) is 7.86. The van der Waals surface area contributed by atoms with E-state index in [1.807, 2.05) is 0 Å². The molecule has 0 saturated carbocycles. The number of carbonyl (C=O) groups excluding carboxylic acids is 5. The zero-order valence-corrected chi connectivity index (χ0v) is 33.2. The number of rotatable bonds is 19. The van der Waals surface area contributed by atoms with Gasteiger partial charge in [0.05, 0.1) is 48.0 Å². The Hall–Kier alpha value is -5.34. The quantitative estimate of drug-likeness (QED) is 0.0670. The summed E-state index contributed by atoms with van der Waals surface area (Å²) in [6, 6.07) is 10.3. The van der Waals surface area contributed by atoms with Crippen molar-refractivity contribution in [2.45, 2.75) is 81.6 Å². The van der Waals surface area contributed by atoms with Crippen molar-refractivity contribution in [1.29, 1.82) is 0 Å². The Morgan fingerprint density at radius 3 is 2.57 bits per heavy atom. The number of Topliss-reactive ketones (excluding diaryl/α,β-unsaturated/α-hetero) is 1. The summed E-state index contributed by atoms with van der Waals surface area (Å²) in [4.78, 5) is 71.8. The highest BCUT2D eigenvalue weighted by atomic mass is 35.5. The van der Waals surface area contributed by atoms with Crippen LogP contribution in [-0.4, -0.2) is 122 Å². The van der Waals surface area contributed by atoms with Crippen LogP contribution in [0, 0.1) is 0 Å². The van der Waals surface area contributed by atoms with Crippen LogP contribution in [0.5, 0.6) is 5.75 Å². The van der Waals surface area contributed by atoms with Crippen molar-refractivity contribution in [2.75, 3.05) is 38.8 Å². The van der Waals surface area contributed by atoms with Crippen molar-refractivity contribution in [2.24, 2.45) is 0 Å². The van der Waals surface area contributed by atoms with E-state index in [1.165, 1.54) is 23.0 Å². The minimum absolute atomic E-state index is 0.0144. The number of nitrogens with zero attached hydrogens (tertiary/aromatic N) is 4. The number of hydrogen-bond acceptors (Lipinski definition) is 15. The van der Waals surface area contributed by atoms with Crippen LogP contribution >= 0.6 is 11.6 Å². The highest BCUT2D eigenvalue weighted by molar-refractivity contribution is 6.32. The molecule has 4 aromatic rings. The third-order valence-corrected chi connectivity index (χ3v) is 11.1. The Morgan fingerprint density at radius 2 is 1.77 bits per heavy atom. The molecule has 7 rings (SSSR count). The number of carbonyl (C=O) groups is 5. The Morgan fingerprint density at radius 1 is 0.967 bits per heavy atom. The summed E-state index contributed by atoms with van der Waals surface area (Å²) < 4.78 is 24.5. The Labute approximate surface area is 348 Å². The minimum atomic E-state index is -1.44. The first-order chi connectivity index (χ1) is 28.9. The van der Waals surface area contributed by atoms with Gasteiger partial charge in [-0.05, 0) is 61.1 Å². The fraction of sp³-hybridized carbons (Fsp3) is 0.439. The first-order valence-electron chi connectivity index (χ1n) is 19.6. The number of nitrogen functional groups attached to an aromatic ring is 1. The molecule has 6 atom stereocenters. The van der Waals surface area contributed by atoms with Crippen LogP contribution in [0.3, 0.4) is 0 Å². The molecule has 19 heteroatoms. The molecule has 1 unspecified atom stereocenters. The van der Waals surface area contributed by atoms with Gasteiger partial charge < -0.3 is 44.6 Å². The number of imide groups is 2. The summed E-state index contributed by atoms with van der Waals surface area (Å²) in [6.07, 6.45) is -1.52. The molecule has 318 valence electrons. The second kappa shape index (κ2) is 18.9. The molecule has 0 aliphatic carbocycles. The maximum atomic E-state index is 13.3. The number of ketones is 1. The first kappa shape index (κ1) is 42.8. The summed E-state index contributed by atoms with van der Waals surface area (Å²) in [6.45, 7) is 1.34. The molecule has 0 spiro atoms. The van der Waals surface area contributed by atoms with Gasteiger partial charge in [0.2, 0.25) is 11.8 Å². The molecule has 2 aromatic heterocycles. The van der Waals surface area contributed by atoms with E-state index in [4.69, 9.17) is 36.3 Å². The molecule has 0 bridgehead atoms. The number of nitrogens with one attached hydrogen (secondary N) is 1. The molecular weight excluding hydrogens is 804 g/mol. The van der Waals surface area contributed by atoms with Crippen molar-refractivity contribution in [3.63, 3.8) is 0 Å². The van der Waals surface area contributed by atoms with Gasteiger partial charge in [0, 0.05) is 32.1 Å². The normalized spacial score (nSPS) is 22.1. The highest BCUT2D eigenvalue weighted by Crippen LogP contribution is 2.39. The summed E-state index contributed by atoms with van der Waals surface area (Å²) in [5.74, 6) is -1.66. The average molecular weight is 849 g/mol. The van der Waals surface area contributed by atoms with Crippen molar-refractivity contribution >= 4 is 57.9 Å². The second-order valence-corrected chi connectivity index (χ2v) is 15.1. The molecule has 6 N–H and O–H groups in total. The van der Waals surface area contributed by atoms with Crippen molar-refractivity contribution in [1.82, 2.24) is 24.8 Å². The molecule has 4 amide bonds. The minimum Gasteiger partial charge on any atom is -0.492 e. The number of ether oxygens (including phenoxy) is 4. The molecule has 18 nitrogen and oxygen atoms in total. The van der Waals surface area contributed by atoms with E-state index in [2.05, 4.69) is 15.3 Å². The summed E-state index contributed by atoms with van der Waals surface area (Å²) in [7, 11) is 0. The summed E-state index contributed by atoms with van der Waals surface area (Å²) in [5, 5.41) is 35.9. The monoisotopic (exact) mass is 848 g/mol. The highest BCUT2D eigenvalue weighted by Gasteiger charge is 2.48. The van der Waals surface area contributed by atoms with E-state index in [-0.39, 0.29) is 79.0 Å². The molecule has 2 fully saturated rings. The van der Waals surface area contributed by atoms with E-state index in [1.54, 1.807) is 36.5 Å². The largest absolute Gasteiger partial charge is 0.492 e. The number of benzene rings is 2. The van der Waals surface area contributed by atoms with Gasteiger partial charge >= 0.3 is 0 Å². The first-order valence-corrected chi connectivity index (χ1v) is 20.0. The van der Waals surface area contributed by atoms with Crippen molar-refractivity contribution in [3.05, 3.63) is 82.3 Å². The number of aliphatic hydroxyl groups is 3. The number of aliphatic hydroxyl groups excluding tert-OH is 3. The number of nitrogens with two attached hydrogens (primary N) is 1. The standard InChI is InChI=1S/C41H45ClN6O12/c42-27-9-8-23(32(51)35-33(52)34(53)41(60-35)47-14-12-26-36(43)44-21-45-37(26)47)20-29(27)59-16-3-6-24(49)13-17-58-19-18-57-15-2-5-22-4-1-7-25-31(22)40(56)48(39(25)55)28-10-11-30(50)46-38(28)54/h1,4,7-9,12,14,20-21,28,32-35,41,51-53H,2-3,5-6,10-11,13,15-19H2,(H2,43,44,45)(H,46,50,54)/t28?,32-,33+,34-,35-,41-/m1/s1. The average Bonchev–Trinajstić information content (AvgIpc) is 3.87. The fourth-order valence-electron chi connectivity index (χ4n) is 7.62. The number of aromatic nitrogens is 3. The van der Waals surface area contributed by atoms with Crippen LogP contribution in [-0.2, 0) is 35.0 Å². The lowest BCUT2D eigenvalue weighted by Gasteiger charge is -2.27. The van der Waals surface area contributed by atoms with Crippen LogP contribution < -0.4 is 15.8 Å². The van der Waals surface area contributed by atoms with Crippen LogP contribution in [0.2, 0.25) is 5.02 Å². The number of aryl methyl sites for hydroxylation is 1. The Kier molecular flexibility index (Phi) is 13.5. The fourth-order valence-corrected chi connectivity index (χ4v) is 7.79. The number of amides is 4. The van der Waals surface area contributed by atoms with E-state index < -0.39 is 60.3 Å². The predicted molar refractivity (Wildman–Crippen MR) is 212 cm³/mol. The van der Waals surface area contributed by atoms with Crippen LogP contribution in [0.15, 0.2) is 55.0 Å². The number of anilines is 1. The second-order valence-electron chi connectivity index (χ2n) is 14.7. The molecule has 3 aliphatic rings. The Bertz CT molecular complexity index is 2270. The van der Waals surface area contributed by atoms with E-state index in [9.17, 15) is 39.3 Å². The van der Waals surface area contributed by atoms with Gasteiger partial charge in [0.25, 0.3) is 11.8 Å². The van der Waals surface area contributed by atoms with E-state index in [0.29, 0.717) is 54.6 Å². The molecule has 3 aliphatic heterocycles. The van der Waals surface area contributed by atoms with Crippen LogP contribution in [0.25, 0.3) is 11.0 Å². The van der Waals surface area contributed by atoms with Gasteiger partial charge in [0.15, 0.2) is 6.23 Å². The van der Waals surface area contributed by atoms with Gasteiger partial charge in [0.1, 0.15) is 59.8 Å². The summed E-state index contributed by atoms with van der Waals surface area (Å²) >= 11 is 6.36. The third-order valence-electron chi connectivity index (χ3n) is 10.7. The topological polar surface area (TPSA) is 255 Å². The Balaban J connectivity index is 0.773. The zero-order valence-electron chi connectivity index (χ0n) is 32.4. The maximum absolute atomic E-state index is 13.3. The number of halogens is 1. The molecule has 5 heterocycles. The molecular formula is C41H45ClN6O12. The van der Waals surface area contributed by atoms with Gasteiger partial charge in [-0.3, -0.25) is 34.2 Å². The predicted octanol–water partition coefficient (Wildman–Crippen LogP) is 2.21.